The molecule has 6 N–H and O–H groups in total. The molecule has 0 saturated carbocycles. The number of nitrogens with one attached hydrogen (secondary N) is 2. The van der Waals surface area contributed by atoms with Gasteiger partial charge in [0, 0.05) is 18.3 Å². The van der Waals surface area contributed by atoms with Crippen molar-refractivity contribution in [3.63, 3.8) is 0 Å². The molecule has 0 spiro atoms. The number of carbonyl (C=O) groups is 1. The van der Waals surface area contributed by atoms with Crippen molar-refractivity contribution >= 4 is 17.4 Å². The fraction of sp³-hybridized carbons (Fsp3) is 0.161. The minimum Gasteiger partial charge on any atom is -0.507 e. The summed E-state index contributed by atoms with van der Waals surface area (Å²) in [4.78, 5) is 13.5. The van der Waals surface area contributed by atoms with Gasteiger partial charge in [0.25, 0.3) is 0 Å². The van der Waals surface area contributed by atoms with Crippen LogP contribution in [-0.4, -0.2) is 28.7 Å². The molecule has 0 bridgehead atoms. The maximum absolute atomic E-state index is 13.5. The average Bonchev–Trinajstić information content (AvgIpc) is 2.99. The number of rotatable bonds is 12. The second kappa shape index (κ2) is 13.6. The van der Waals surface area contributed by atoms with E-state index in [2.05, 4.69) is 15.8 Å². The van der Waals surface area contributed by atoms with E-state index in [4.69, 9.17) is 20.4 Å². The predicted octanol–water partition coefficient (Wildman–Crippen LogP) is 4.93. The predicted molar refractivity (Wildman–Crippen MR) is 154 cm³/mol. The van der Waals surface area contributed by atoms with Crippen LogP contribution in [0.2, 0.25) is 0 Å². The molecule has 9 heteroatoms. The van der Waals surface area contributed by atoms with E-state index in [1.165, 1.54) is 12.1 Å². The zero-order valence-corrected chi connectivity index (χ0v) is 22.1. The average molecular weight is 541 g/mol. The van der Waals surface area contributed by atoms with Gasteiger partial charge in [-0.05, 0) is 47.9 Å². The van der Waals surface area contributed by atoms with Crippen molar-refractivity contribution in [3.05, 3.63) is 119 Å². The van der Waals surface area contributed by atoms with Gasteiger partial charge in [0.15, 0.2) is 17.3 Å². The molecule has 0 fully saturated rings. The Kier molecular flexibility index (Phi) is 9.44. The Labute approximate surface area is 232 Å². The Morgan fingerprint density at radius 1 is 0.900 bits per heavy atom. The van der Waals surface area contributed by atoms with Gasteiger partial charge in [-0.1, -0.05) is 71.9 Å². The number of ether oxygens (including phenoxy) is 2. The summed E-state index contributed by atoms with van der Waals surface area (Å²) >= 11 is 0. The maximum Gasteiger partial charge on any atom is 0.247 e. The molecular weight excluding hydrogens is 508 g/mol. The van der Waals surface area contributed by atoms with E-state index in [-0.39, 0.29) is 23.1 Å². The van der Waals surface area contributed by atoms with Crippen LogP contribution in [0.15, 0.2) is 102 Å². The van der Waals surface area contributed by atoms with Crippen LogP contribution in [0.1, 0.15) is 35.2 Å². The molecule has 0 unspecified atom stereocenters. The minimum absolute atomic E-state index is 0.164. The first kappa shape index (κ1) is 27.8. The third-order valence-corrected chi connectivity index (χ3v) is 6.10. The molecule has 1 amide bonds. The summed E-state index contributed by atoms with van der Waals surface area (Å²) in [5.41, 5.74) is 8.85. The number of oxime groups is 1. The molecule has 0 saturated heterocycles. The van der Waals surface area contributed by atoms with Crippen molar-refractivity contribution in [2.75, 3.05) is 11.9 Å². The molecule has 4 aromatic carbocycles. The third-order valence-electron chi connectivity index (χ3n) is 6.10. The lowest BCUT2D eigenvalue weighted by molar-refractivity contribution is -0.122. The summed E-state index contributed by atoms with van der Waals surface area (Å²) in [5.74, 6) is 0.337. The molecule has 0 heterocycles. The van der Waals surface area contributed by atoms with Crippen molar-refractivity contribution in [1.29, 1.82) is 0 Å². The van der Waals surface area contributed by atoms with Gasteiger partial charge in [0.1, 0.15) is 18.4 Å². The van der Waals surface area contributed by atoms with Crippen LogP contribution >= 0.6 is 0 Å². The van der Waals surface area contributed by atoms with E-state index < -0.39 is 6.04 Å². The zero-order valence-electron chi connectivity index (χ0n) is 22.1. The number of anilines is 1. The molecule has 9 nitrogen and oxygen atoms in total. The fourth-order valence-corrected chi connectivity index (χ4v) is 4.07. The first-order valence-corrected chi connectivity index (χ1v) is 12.8. The number of hydrogen-bond donors (Lipinski definition) is 5. The Hall–Kier alpha value is -5.18. The molecule has 4 rings (SSSR count). The van der Waals surface area contributed by atoms with E-state index in [0.29, 0.717) is 42.5 Å². The van der Waals surface area contributed by atoms with Gasteiger partial charge in [-0.2, -0.15) is 0 Å². The molecule has 40 heavy (non-hydrogen) atoms. The van der Waals surface area contributed by atoms with E-state index in [1.807, 2.05) is 67.6 Å². The molecule has 0 radical (unpaired) electrons. The lowest BCUT2D eigenvalue weighted by atomic mass is 10.0. The summed E-state index contributed by atoms with van der Waals surface area (Å²) in [6, 6.07) is 28.4. The van der Waals surface area contributed by atoms with E-state index in [0.717, 1.165) is 11.1 Å². The first-order chi connectivity index (χ1) is 19.5. The summed E-state index contributed by atoms with van der Waals surface area (Å²) < 4.78 is 11.9. The minimum atomic E-state index is -0.847. The number of hydrogen-bond acceptors (Lipinski definition) is 7. The van der Waals surface area contributed by atoms with Crippen molar-refractivity contribution in [2.24, 2.45) is 10.9 Å². The Bertz CT molecular complexity index is 1450. The monoisotopic (exact) mass is 540 g/mol. The fourth-order valence-electron chi connectivity index (χ4n) is 4.07. The van der Waals surface area contributed by atoms with Gasteiger partial charge >= 0.3 is 0 Å². The molecule has 1 atom stereocenters. The Morgan fingerprint density at radius 2 is 1.60 bits per heavy atom. The van der Waals surface area contributed by atoms with E-state index >= 15 is 0 Å². The number of nitrogens with two attached hydrogens (primary N) is 1. The van der Waals surface area contributed by atoms with Gasteiger partial charge in [-0.15, -0.1) is 0 Å². The van der Waals surface area contributed by atoms with Crippen LogP contribution in [-0.2, 0) is 17.9 Å². The van der Waals surface area contributed by atoms with Crippen LogP contribution in [0.3, 0.4) is 0 Å². The Balaban J connectivity index is 1.62. The summed E-state index contributed by atoms with van der Waals surface area (Å²) in [6.45, 7) is 2.99. The van der Waals surface area contributed by atoms with Crippen molar-refractivity contribution in [3.8, 4) is 17.2 Å². The summed E-state index contributed by atoms with van der Waals surface area (Å²) in [5, 5.41) is 28.5. The maximum atomic E-state index is 13.5. The van der Waals surface area contributed by atoms with Crippen LogP contribution in [0, 0.1) is 0 Å². The van der Waals surface area contributed by atoms with Crippen LogP contribution in [0.25, 0.3) is 0 Å². The highest BCUT2D eigenvalue weighted by molar-refractivity contribution is 6.00. The number of phenols is 1. The molecular formula is C31H32N4O5. The molecule has 206 valence electrons. The molecule has 4 aromatic rings. The van der Waals surface area contributed by atoms with Gasteiger partial charge in [-0.3, -0.25) is 4.79 Å². The van der Waals surface area contributed by atoms with Gasteiger partial charge in [0.05, 0.1) is 12.2 Å². The normalized spacial score (nSPS) is 11.9. The third kappa shape index (κ3) is 7.22. The van der Waals surface area contributed by atoms with Crippen LogP contribution < -0.4 is 25.8 Å². The second-order valence-electron chi connectivity index (χ2n) is 8.91. The lowest BCUT2D eigenvalue weighted by Gasteiger charge is -2.22. The standard InChI is InChI=1S/C31H32N4O5/c1-2-39-28-17-23(13-16-27(28)40-20-22-11-7-4-8-12-22)29(31(37)33-19-21-9-5-3-6-10-21)34-24-14-15-25(26(36)18-24)30(32)35-38/h3-18,29,34,36,38H,2,19-20H2,1H3,(H2,32,35)(H,33,37)/t29-/m0/s1. The Morgan fingerprint density at radius 3 is 2.25 bits per heavy atom. The number of nitrogens with zero attached hydrogens (tertiary/aromatic N) is 1. The summed E-state index contributed by atoms with van der Waals surface area (Å²) in [7, 11) is 0. The highest BCUT2D eigenvalue weighted by Gasteiger charge is 2.23. The SMILES string of the molecule is CCOc1cc([C@H](Nc2ccc(C(N)=NO)c(O)c2)C(=O)NCc2ccccc2)ccc1OCc1ccccc1. The summed E-state index contributed by atoms with van der Waals surface area (Å²) in [6.07, 6.45) is 0. The molecule has 0 aromatic heterocycles. The molecule has 0 aliphatic rings. The molecule has 0 aliphatic carbocycles. The lowest BCUT2D eigenvalue weighted by Crippen LogP contribution is -2.33. The number of phenolic OH excluding ortho intramolecular Hbond substituents is 1. The number of amides is 1. The van der Waals surface area contributed by atoms with E-state index in [9.17, 15) is 9.90 Å². The topological polar surface area (TPSA) is 138 Å². The number of carbonyl (C=O) groups excluding carboxylic acids is 1. The van der Waals surface area contributed by atoms with E-state index in [1.54, 1.807) is 24.3 Å². The van der Waals surface area contributed by atoms with Crippen molar-refractivity contribution < 1.29 is 24.6 Å². The first-order valence-electron chi connectivity index (χ1n) is 12.8. The smallest absolute Gasteiger partial charge is 0.247 e. The zero-order chi connectivity index (χ0) is 28.3. The number of aromatic hydroxyl groups is 1. The van der Waals surface area contributed by atoms with Crippen LogP contribution in [0.4, 0.5) is 5.69 Å². The van der Waals surface area contributed by atoms with Crippen molar-refractivity contribution in [1.82, 2.24) is 5.32 Å². The van der Waals surface area contributed by atoms with Gasteiger partial charge in [-0.25, -0.2) is 0 Å². The van der Waals surface area contributed by atoms with Crippen molar-refractivity contribution in [2.45, 2.75) is 26.1 Å². The highest BCUT2D eigenvalue weighted by Crippen LogP contribution is 2.33. The number of amidine groups is 1. The largest absolute Gasteiger partial charge is 0.507 e. The number of benzene rings is 4. The van der Waals surface area contributed by atoms with Gasteiger partial charge < -0.3 is 36.2 Å². The molecule has 0 aliphatic heterocycles. The van der Waals surface area contributed by atoms with Gasteiger partial charge in [0.2, 0.25) is 5.91 Å². The quantitative estimate of drug-likeness (QED) is 0.0743. The van der Waals surface area contributed by atoms with Crippen LogP contribution in [0.5, 0.6) is 17.2 Å². The highest BCUT2D eigenvalue weighted by atomic mass is 16.5. The second-order valence-corrected chi connectivity index (χ2v) is 8.91.